The van der Waals surface area contributed by atoms with Crippen molar-refractivity contribution in [2.45, 2.75) is 44.6 Å². The highest BCUT2D eigenvalue weighted by molar-refractivity contribution is 7.80. The average molecular weight is 319 g/mol. The molecule has 0 heterocycles. The van der Waals surface area contributed by atoms with E-state index in [-0.39, 0.29) is 11.4 Å². The highest BCUT2D eigenvalue weighted by Gasteiger charge is 2.32. The van der Waals surface area contributed by atoms with Crippen LogP contribution in [0.1, 0.15) is 49.4 Å². The minimum atomic E-state index is 0.00291. The maximum atomic E-state index is 11.9. The van der Waals surface area contributed by atoms with Gasteiger partial charge in [-0.25, -0.2) is 0 Å². The van der Waals surface area contributed by atoms with Crippen molar-refractivity contribution in [3.05, 3.63) is 29.8 Å². The van der Waals surface area contributed by atoms with Gasteiger partial charge in [-0.15, -0.1) is 0 Å². The normalized spacial score (nSPS) is 16.1. The highest BCUT2D eigenvalue weighted by atomic mass is 32.1. The van der Waals surface area contributed by atoms with Crippen molar-refractivity contribution in [1.29, 1.82) is 0 Å². The molecule has 0 unspecified atom stereocenters. The second-order valence-corrected chi connectivity index (χ2v) is 6.61. The first kappa shape index (κ1) is 16.7. The molecule has 0 aliphatic heterocycles. The van der Waals surface area contributed by atoms with Crippen LogP contribution < -0.4 is 10.6 Å². The maximum absolute atomic E-state index is 11.9. The summed E-state index contributed by atoms with van der Waals surface area (Å²) in [5.74, 6) is 0.00291. The first-order valence-electron chi connectivity index (χ1n) is 7.87. The maximum Gasteiger partial charge on any atom is 0.253 e. The Balaban J connectivity index is 1.96. The van der Waals surface area contributed by atoms with Crippen LogP contribution in [-0.4, -0.2) is 35.6 Å². The molecule has 22 heavy (non-hydrogen) atoms. The van der Waals surface area contributed by atoms with E-state index in [4.69, 9.17) is 12.2 Å². The summed E-state index contributed by atoms with van der Waals surface area (Å²) in [4.78, 5) is 13.4. The molecule has 1 fully saturated rings. The van der Waals surface area contributed by atoms with E-state index in [1.807, 2.05) is 24.3 Å². The molecule has 0 spiro atoms. The Bertz CT molecular complexity index is 533. The number of thiocarbonyl (C=S) groups is 1. The van der Waals surface area contributed by atoms with E-state index in [0.717, 1.165) is 12.1 Å². The zero-order chi connectivity index (χ0) is 16.2. The van der Waals surface area contributed by atoms with Gasteiger partial charge in [-0.3, -0.25) is 4.79 Å². The highest BCUT2D eigenvalue weighted by Crippen LogP contribution is 2.32. The third-order valence-corrected chi connectivity index (χ3v) is 4.62. The van der Waals surface area contributed by atoms with Crippen LogP contribution in [0.4, 0.5) is 5.69 Å². The number of hydrogen-bond donors (Lipinski definition) is 2. The van der Waals surface area contributed by atoms with Gasteiger partial charge in [0.1, 0.15) is 0 Å². The van der Waals surface area contributed by atoms with Crippen molar-refractivity contribution in [3.63, 3.8) is 0 Å². The Morgan fingerprint density at radius 2 is 1.82 bits per heavy atom. The molecule has 1 amide bonds. The molecule has 0 atom stereocenters. The summed E-state index contributed by atoms with van der Waals surface area (Å²) in [7, 11) is 3.50. The van der Waals surface area contributed by atoms with Crippen molar-refractivity contribution >= 4 is 28.9 Å². The summed E-state index contributed by atoms with van der Waals surface area (Å²) < 4.78 is 0. The van der Waals surface area contributed by atoms with E-state index < -0.39 is 0 Å². The predicted octanol–water partition coefficient (Wildman–Crippen LogP) is 3.40. The Kier molecular flexibility index (Phi) is 5.40. The van der Waals surface area contributed by atoms with E-state index in [2.05, 4.69) is 17.6 Å². The molecule has 1 aromatic carbocycles. The van der Waals surface area contributed by atoms with E-state index in [1.54, 1.807) is 19.0 Å². The van der Waals surface area contributed by atoms with Crippen molar-refractivity contribution in [2.75, 3.05) is 19.4 Å². The van der Waals surface area contributed by atoms with Gasteiger partial charge >= 0.3 is 0 Å². The molecule has 0 aromatic heterocycles. The van der Waals surface area contributed by atoms with E-state index in [0.29, 0.717) is 10.7 Å². The van der Waals surface area contributed by atoms with Crippen LogP contribution in [0.3, 0.4) is 0 Å². The Hall–Kier alpha value is -1.62. The minimum absolute atomic E-state index is 0.00291. The molecule has 2 rings (SSSR count). The van der Waals surface area contributed by atoms with Gasteiger partial charge in [-0.05, 0) is 55.7 Å². The number of rotatable bonds is 4. The topological polar surface area (TPSA) is 44.4 Å². The molecule has 120 valence electrons. The Morgan fingerprint density at radius 1 is 1.23 bits per heavy atom. The SMILES string of the molecule is CCC1(NC(=S)Nc2ccc(C(=O)N(C)C)cc2)CCCC1. The molecule has 0 radical (unpaired) electrons. The average Bonchev–Trinajstić information content (AvgIpc) is 2.96. The first-order valence-corrected chi connectivity index (χ1v) is 8.27. The van der Waals surface area contributed by atoms with Gasteiger partial charge in [0.05, 0.1) is 0 Å². The predicted molar refractivity (Wildman–Crippen MR) is 95.3 cm³/mol. The lowest BCUT2D eigenvalue weighted by atomic mass is 9.95. The molecule has 1 aliphatic rings. The molecule has 0 saturated heterocycles. The lowest BCUT2D eigenvalue weighted by molar-refractivity contribution is 0.0827. The number of amides is 1. The fraction of sp³-hybridized carbons (Fsp3) is 0.529. The van der Waals surface area contributed by atoms with Crippen LogP contribution in [0.25, 0.3) is 0 Å². The fourth-order valence-electron chi connectivity index (χ4n) is 2.98. The summed E-state index contributed by atoms with van der Waals surface area (Å²) in [5.41, 5.74) is 1.73. The summed E-state index contributed by atoms with van der Waals surface area (Å²) in [6.45, 7) is 2.21. The minimum Gasteiger partial charge on any atom is -0.357 e. The second kappa shape index (κ2) is 7.09. The van der Waals surface area contributed by atoms with Crippen LogP contribution in [0, 0.1) is 0 Å². The van der Waals surface area contributed by atoms with Gasteiger partial charge in [0.25, 0.3) is 5.91 Å². The van der Waals surface area contributed by atoms with Crippen molar-refractivity contribution < 1.29 is 4.79 Å². The molecule has 1 saturated carbocycles. The van der Waals surface area contributed by atoms with Gasteiger partial charge in [0.2, 0.25) is 0 Å². The molecule has 1 aromatic rings. The van der Waals surface area contributed by atoms with Crippen LogP contribution in [-0.2, 0) is 0 Å². The monoisotopic (exact) mass is 319 g/mol. The molecule has 1 aliphatic carbocycles. The summed E-state index contributed by atoms with van der Waals surface area (Å²) in [6, 6.07) is 7.41. The van der Waals surface area contributed by atoms with Gasteiger partial charge in [0, 0.05) is 30.9 Å². The van der Waals surface area contributed by atoms with Crippen molar-refractivity contribution in [3.8, 4) is 0 Å². The van der Waals surface area contributed by atoms with Crippen LogP contribution in [0.5, 0.6) is 0 Å². The van der Waals surface area contributed by atoms with E-state index in [1.165, 1.54) is 25.7 Å². The lowest BCUT2D eigenvalue weighted by Gasteiger charge is -2.30. The van der Waals surface area contributed by atoms with Crippen molar-refractivity contribution in [1.82, 2.24) is 10.2 Å². The second-order valence-electron chi connectivity index (χ2n) is 6.20. The zero-order valence-corrected chi connectivity index (χ0v) is 14.4. The molecule has 0 bridgehead atoms. The van der Waals surface area contributed by atoms with Gasteiger partial charge in [-0.2, -0.15) is 0 Å². The lowest BCUT2D eigenvalue weighted by Crippen LogP contribution is -2.47. The van der Waals surface area contributed by atoms with Crippen LogP contribution in [0.2, 0.25) is 0 Å². The quantitative estimate of drug-likeness (QED) is 0.835. The Labute approximate surface area is 138 Å². The number of carbonyl (C=O) groups excluding carboxylic acids is 1. The summed E-state index contributed by atoms with van der Waals surface area (Å²) in [6.07, 6.45) is 5.99. The summed E-state index contributed by atoms with van der Waals surface area (Å²) in [5, 5.41) is 7.37. The van der Waals surface area contributed by atoms with Gasteiger partial charge in [0.15, 0.2) is 5.11 Å². The smallest absolute Gasteiger partial charge is 0.253 e. The third kappa shape index (κ3) is 3.97. The standard InChI is InChI=1S/C17H25N3OS/c1-4-17(11-5-6-12-17)19-16(22)18-14-9-7-13(8-10-14)15(21)20(2)3/h7-10H,4-6,11-12H2,1-3H3,(H2,18,19,22). The number of nitrogens with one attached hydrogen (secondary N) is 2. The molecule has 2 N–H and O–H groups in total. The zero-order valence-electron chi connectivity index (χ0n) is 13.6. The molecule has 5 heteroatoms. The fourth-order valence-corrected chi connectivity index (χ4v) is 3.31. The molecular weight excluding hydrogens is 294 g/mol. The van der Waals surface area contributed by atoms with Crippen molar-refractivity contribution in [2.24, 2.45) is 0 Å². The number of hydrogen-bond acceptors (Lipinski definition) is 2. The Morgan fingerprint density at radius 3 is 2.32 bits per heavy atom. The van der Waals surface area contributed by atoms with Gasteiger partial charge < -0.3 is 15.5 Å². The number of carbonyl (C=O) groups is 1. The number of nitrogens with zero attached hydrogens (tertiary/aromatic N) is 1. The summed E-state index contributed by atoms with van der Waals surface area (Å²) >= 11 is 5.44. The number of benzene rings is 1. The first-order chi connectivity index (χ1) is 10.5. The van der Waals surface area contributed by atoms with Gasteiger partial charge in [-0.1, -0.05) is 19.8 Å². The number of anilines is 1. The largest absolute Gasteiger partial charge is 0.357 e. The van der Waals surface area contributed by atoms with Crippen LogP contribution >= 0.6 is 12.2 Å². The van der Waals surface area contributed by atoms with E-state index in [9.17, 15) is 4.79 Å². The van der Waals surface area contributed by atoms with E-state index >= 15 is 0 Å². The molecule has 4 nitrogen and oxygen atoms in total. The van der Waals surface area contributed by atoms with Crippen LogP contribution in [0.15, 0.2) is 24.3 Å². The third-order valence-electron chi connectivity index (χ3n) is 4.41. The molecular formula is C17H25N3OS.